The molecule has 21 heavy (non-hydrogen) atoms. The van der Waals surface area contributed by atoms with E-state index in [1.807, 2.05) is 18.3 Å². The number of hydrogen-bond acceptors (Lipinski definition) is 3. The van der Waals surface area contributed by atoms with E-state index in [-0.39, 0.29) is 5.56 Å². The van der Waals surface area contributed by atoms with E-state index in [0.29, 0.717) is 18.3 Å². The molecule has 0 amide bonds. The molecule has 1 fully saturated rings. The van der Waals surface area contributed by atoms with E-state index >= 15 is 0 Å². The quantitative estimate of drug-likeness (QED) is 0.940. The van der Waals surface area contributed by atoms with Gasteiger partial charge in [0.15, 0.2) is 0 Å². The summed E-state index contributed by atoms with van der Waals surface area (Å²) in [5, 5.41) is 7.69. The highest BCUT2D eigenvalue weighted by atomic mass is 16.1. The molecule has 1 aliphatic carbocycles. The molecule has 0 aliphatic heterocycles. The molecule has 5 heteroatoms. The van der Waals surface area contributed by atoms with Crippen molar-refractivity contribution in [3.63, 3.8) is 0 Å². The summed E-state index contributed by atoms with van der Waals surface area (Å²) in [7, 11) is 1.76. The summed E-state index contributed by atoms with van der Waals surface area (Å²) in [6.45, 7) is 0.631. The van der Waals surface area contributed by atoms with E-state index in [1.54, 1.807) is 17.8 Å². The molecule has 0 unspecified atom stereocenters. The first-order valence-corrected chi connectivity index (χ1v) is 7.66. The summed E-state index contributed by atoms with van der Waals surface area (Å²) in [6, 6.07) is 4.24. The predicted molar refractivity (Wildman–Crippen MR) is 83.4 cm³/mol. The first kappa shape index (κ1) is 13.9. The highest BCUT2D eigenvalue weighted by Gasteiger charge is 2.15. The molecule has 0 spiro atoms. The Morgan fingerprint density at radius 2 is 2.14 bits per heavy atom. The van der Waals surface area contributed by atoms with Crippen molar-refractivity contribution < 1.29 is 0 Å². The number of nitrogens with zero attached hydrogens (tertiary/aromatic N) is 3. The van der Waals surface area contributed by atoms with Crippen LogP contribution in [0.25, 0.3) is 0 Å². The van der Waals surface area contributed by atoms with Crippen LogP contribution < -0.4 is 10.9 Å². The number of aryl methyl sites for hydroxylation is 1. The van der Waals surface area contributed by atoms with Gasteiger partial charge in [0.1, 0.15) is 5.69 Å². The molecule has 2 heterocycles. The summed E-state index contributed by atoms with van der Waals surface area (Å²) in [5.41, 5.74) is 1.74. The van der Waals surface area contributed by atoms with Crippen LogP contribution in [0.4, 0.5) is 5.69 Å². The first-order chi connectivity index (χ1) is 10.2. The second kappa shape index (κ2) is 6.16. The lowest BCUT2D eigenvalue weighted by molar-refractivity contribution is 0.329. The normalized spacial score (nSPS) is 16.0. The maximum Gasteiger partial charge on any atom is 0.273 e. The molecule has 0 aromatic carbocycles. The van der Waals surface area contributed by atoms with Crippen LogP contribution in [-0.4, -0.2) is 14.3 Å². The molecule has 112 valence electrons. The van der Waals surface area contributed by atoms with E-state index in [9.17, 15) is 4.79 Å². The molecule has 0 radical (unpaired) electrons. The van der Waals surface area contributed by atoms with Crippen molar-refractivity contribution in [3.05, 3.63) is 46.6 Å². The van der Waals surface area contributed by atoms with Crippen LogP contribution in [0, 0.1) is 0 Å². The fraction of sp³-hybridized carbons (Fsp3) is 0.500. The summed E-state index contributed by atoms with van der Waals surface area (Å²) in [4.78, 5) is 11.9. The predicted octanol–water partition coefficient (Wildman–Crippen LogP) is 2.70. The van der Waals surface area contributed by atoms with Crippen LogP contribution in [0.15, 0.2) is 35.5 Å². The molecular formula is C16H22N4O. The topological polar surface area (TPSA) is 51.9 Å². The molecule has 5 nitrogen and oxygen atoms in total. The third-order valence-corrected chi connectivity index (χ3v) is 4.21. The third kappa shape index (κ3) is 3.17. The molecule has 0 saturated heterocycles. The Kier molecular flexibility index (Phi) is 4.08. The maximum atomic E-state index is 11.9. The minimum atomic E-state index is -0.00262. The summed E-state index contributed by atoms with van der Waals surface area (Å²) < 4.78 is 3.67. The Labute approximate surface area is 124 Å². The van der Waals surface area contributed by atoms with Gasteiger partial charge in [-0.15, -0.1) is 0 Å². The molecule has 0 atom stereocenters. The second-order valence-electron chi connectivity index (χ2n) is 5.81. The fourth-order valence-electron chi connectivity index (χ4n) is 2.94. The van der Waals surface area contributed by atoms with E-state index in [1.165, 1.54) is 32.1 Å². The summed E-state index contributed by atoms with van der Waals surface area (Å²) in [6.07, 6.45) is 12.2. The lowest BCUT2D eigenvalue weighted by Crippen LogP contribution is -2.19. The van der Waals surface area contributed by atoms with Crippen LogP contribution in [-0.2, 0) is 13.6 Å². The summed E-state index contributed by atoms with van der Waals surface area (Å²) in [5.74, 6) is 0. The Hall–Kier alpha value is -2.04. The van der Waals surface area contributed by atoms with Gasteiger partial charge in [-0.3, -0.25) is 9.48 Å². The zero-order valence-electron chi connectivity index (χ0n) is 12.5. The van der Waals surface area contributed by atoms with Crippen LogP contribution in [0.1, 0.15) is 43.7 Å². The van der Waals surface area contributed by atoms with Crippen LogP contribution in [0.3, 0.4) is 0 Å². The van der Waals surface area contributed by atoms with Gasteiger partial charge in [-0.1, -0.05) is 19.3 Å². The Balaban J connectivity index is 1.64. The zero-order valence-corrected chi connectivity index (χ0v) is 12.5. The zero-order chi connectivity index (χ0) is 14.7. The number of aromatic nitrogens is 3. The highest BCUT2D eigenvalue weighted by Crippen LogP contribution is 2.27. The summed E-state index contributed by atoms with van der Waals surface area (Å²) >= 11 is 0. The smallest absolute Gasteiger partial charge is 0.273 e. The lowest BCUT2D eigenvalue weighted by Gasteiger charge is -2.21. The molecule has 2 aromatic rings. The van der Waals surface area contributed by atoms with Crippen LogP contribution in [0.2, 0.25) is 0 Å². The van der Waals surface area contributed by atoms with E-state index in [4.69, 9.17) is 0 Å². The first-order valence-electron chi connectivity index (χ1n) is 7.66. The SMILES string of the molecule is Cn1cccc(NCc2cnn(C3CCCCC3)c2)c1=O. The molecule has 1 aliphatic rings. The van der Waals surface area contributed by atoms with Crippen LogP contribution in [0.5, 0.6) is 0 Å². The van der Waals surface area contributed by atoms with Gasteiger partial charge in [-0.25, -0.2) is 0 Å². The molecule has 2 aromatic heterocycles. The maximum absolute atomic E-state index is 11.9. The third-order valence-electron chi connectivity index (χ3n) is 4.21. The monoisotopic (exact) mass is 286 g/mol. The van der Waals surface area contributed by atoms with Crippen molar-refractivity contribution in [1.82, 2.24) is 14.3 Å². The molecule has 1 N–H and O–H groups in total. The van der Waals surface area contributed by atoms with Crippen molar-refractivity contribution in [3.8, 4) is 0 Å². The molecular weight excluding hydrogens is 264 g/mol. The van der Waals surface area contributed by atoms with Crippen molar-refractivity contribution in [1.29, 1.82) is 0 Å². The van der Waals surface area contributed by atoms with Crippen LogP contribution >= 0.6 is 0 Å². The van der Waals surface area contributed by atoms with E-state index in [0.717, 1.165) is 5.56 Å². The van der Waals surface area contributed by atoms with Crippen molar-refractivity contribution in [2.75, 3.05) is 5.32 Å². The number of nitrogens with one attached hydrogen (secondary N) is 1. The largest absolute Gasteiger partial charge is 0.376 e. The fourth-order valence-corrected chi connectivity index (χ4v) is 2.94. The second-order valence-corrected chi connectivity index (χ2v) is 5.81. The minimum Gasteiger partial charge on any atom is -0.376 e. The van der Waals surface area contributed by atoms with Gasteiger partial charge < -0.3 is 9.88 Å². The Morgan fingerprint density at radius 3 is 2.95 bits per heavy atom. The van der Waals surface area contributed by atoms with Gasteiger partial charge in [0.2, 0.25) is 0 Å². The van der Waals surface area contributed by atoms with Crippen molar-refractivity contribution >= 4 is 5.69 Å². The molecule has 0 bridgehead atoms. The number of pyridine rings is 1. The van der Waals surface area contributed by atoms with Gasteiger partial charge in [-0.2, -0.15) is 5.10 Å². The average molecular weight is 286 g/mol. The van der Waals surface area contributed by atoms with Gasteiger partial charge in [0.05, 0.1) is 12.2 Å². The van der Waals surface area contributed by atoms with Gasteiger partial charge in [0, 0.05) is 31.5 Å². The molecule has 3 rings (SSSR count). The standard InChI is InChI=1S/C16H22N4O/c1-19-9-5-8-15(16(19)21)17-10-13-11-18-20(12-13)14-6-3-2-4-7-14/h5,8-9,11-12,14,17H,2-4,6-7,10H2,1H3. The lowest BCUT2D eigenvalue weighted by atomic mass is 9.96. The minimum absolute atomic E-state index is 0.00262. The highest BCUT2D eigenvalue weighted by molar-refractivity contribution is 5.40. The van der Waals surface area contributed by atoms with E-state index in [2.05, 4.69) is 21.3 Å². The van der Waals surface area contributed by atoms with Gasteiger partial charge in [0.25, 0.3) is 5.56 Å². The van der Waals surface area contributed by atoms with E-state index < -0.39 is 0 Å². The van der Waals surface area contributed by atoms with Gasteiger partial charge >= 0.3 is 0 Å². The van der Waals surface area contributed by atoms with Crippen molar-refractivity contribution in [2.45, 2.75) is 44.7 Å². The van der Waals surface area contributed by atoms with Crippen molar-refractivity contribution in [2.24, 2.45) is 7.05 Å². The number of anilines is 1. The number of rotatable bonds is 4. The van der Waals surface area contributed by atoms with Gasteiger partial charge in [-0.05, 0) is 25.0 Å². The Bertz CT molecular complexity index is 652. The Morgan fingerprint density at radius 1 is 1.33 bits per heavy atom. The number of hydrogen-bond donors (Lipinski definition) is 1. The average Bonchev–Trinajstić information content (AvgIpc) is 2.99. The molecule has 1 saturated carbocycles.